The van der Waals surface area contributed by atoms with Crippen LogP contribution in [0.4, 0.5) is 0 Å². The van der Waals surface area contributed by atoms with Gasteiger partial charge in [-0.25, -0.2) is 59.0 Å². The summed E-state index contributed by atoms with van der Waals surface area (Å²) >= 11 is 0. The molecular formula is C58H68LiN8O11-. The minimum atomic E-state index is -1.38. The van der Waals surface area contributed by atoms with Gasteiger partial charge >= 0.3 is 42.7 Å². The minimum absolute atomic E-state index is 0. The van der Waals surface area contributed by atoms with E-state index in [4.69, 9.17) is 9.84 Å². The number of carbonyl (C=O) groups is 4. The summed E-state index contributed by atoms with van der Waals surface area (Å²) in [6, 6.07) is 38.0. The van der Waals surface area contributed by atoms with Crippen molar-refractivity contribution < 1.29 is 73.0 Å². The summed E-state index contributed by atoms with van der Waals surface area (Å²) in [4.78, 5) is 75.2. The molecule has 4 aromatic heterocycles. The number of aliphatic carboxylic acids is 1. The standard InChI is InChI=1S/C17H18N2O3.C15H14N2O3.C13H14N2.C6H8N2.C6H10O4.CH3.Li.H2O/c1-2-22-17(21)16(20)11-15-10-14(18-12-19-15)9-8-13-6-4-3-5-7-13;18-14(15(19)20)9-13-8-12(16-10-17-13)7-6-11-4-2-1-3-5-11;1-11-9-13(15-10-14-11)8-7-12-5-3-2-4-6-12;1-5-3-6(2)8-4-7-5;1-3-9-5(7)6(8)10-4-2;;;/h3-7,10-12,20H,2,8-9H2,1H3;1-5,8-10,18H,6-7H2,(H,19,20);2-6,9-10H,7-8H2,1H3;3-4H,1-2H3;3-4H2,1-2H3;1H3;;1H2/q;;;;;-1;+1;/p-1/b16-11-;14-9-;;;;;;. The van der Waals surface area contributed by atoms with E-state index in [1.807, 2.05) is 87.5 Å². The van der Waals surface area contributed by atoms with Gasteiger partial charge in [-0.05, 0) is 121 Å². The van der Waals surface area contributed by atoms with Crippen LogP contribution in [0.3, 0.4) is 0 Å². The Hall–Kier alpha value is -8.50. The van der Waals surface area contributed by atoms with E-state index in [0.717, 1.165) is 78.8 Å². The fraction of sp³-hybridized carbons (Fsp3) is 0.259. The van der Waals surface area contributed by atoms with E-state index in [-0.39, 0.29) is 51.6 Å². The van der Waals surface area contributed by atoms with E-state index in [2.05, 4.69) is 85.7 Å². The Morgan fingerprint density at radius 3 is 1.05 bits per heavy atom. The summed E-state index contributed by atoms with van der Waals surface area (Å²) in [5.74, 6) is -5.19. The van der Waals surface area contributed by atoms with Crippen LogP contribution in [-0.2, 0) is 71.9 Å². The van der Waals surface area contributed by atoms with Crippen LogP contribution < -0.4 is 18.9 Å². The molecule has 0 aliphatic carbocycles. The first-order valence-corrected chi connectivity index (χ1v) is 24.0. The van der Waals surface area contributed by atoms with Crippen LogP contribution in [0.5, 0.6) is 0 Å². The molecule has 0 fully saturated rings. The Kier molecular flexibility index (Phi) is 36.3. The van der Waals surface area contributed by atoms with Gasteiger partial charge < -0.3 is 42.4 Å². The number of aryl methyl sites for hydroxylation is 9. The van der Waals surface area contributed by atoms with E-state index in [1.54, 1.807) is 45.6 Å². The average Bonchev–Trinajstić information content (AvgIpc) is 3.41. The van der Waals surface area contributed by atoms with Gasteiger partial charge in [0.25, 0.3) is 0 Å². The monoisotopic (exact) mass is 1060 g/mol. The van der Waals surface area contributed by atoms with Crippen molar-refractivity contribution >= 4 is 36.0 Å². The van der Waals surface area contributed by atoms with Gasteiger partial charge in [0.05, 0.1) is 31.2 Å². The number of hydrogen-bond donors (Lipinski definition) is 3. The smallest absolute Gasteiger partial charge is 0.870 e. The van der Waals surface area contributed by atoms with Gasteiger partial charge in [0.2, 0.25) is 11.5 Å². The number of nitrogens with zero attached hydrogens (tertiary/aromatic N) is 8. The van der Waals surface area contributed by atoms with Crippen molar-refractivity contribution in [1.29, 1.82) is 0 Å². The summed E-state index contributed by atoms with van der Waals surface area (Å²) in [5, 5.41) is 27.4. The first-order valence-electron chi connectivity index (χ1n) is 24.0. The molecule has 0 saturated carbocycles. The van der Waals surface area contributed by atoms with Crippen LogP contribution in [-0.4, -0.2) is 104 Å². The second-order valence-electron chi connectivity index (χ2n) is 15.8. The molecule has 0 bridgehead atoms. The van der Waals surface area contributed by atoms with Gasteiger partial charge in [0, 0.05) is 46.3 Å². The Morgan fingerprint density at radius 2 is 0.731 bits per heavy atom. The molecule has 0 radical (unpaired) electrons. The molecule has 0 unspecified atom stereocenters. The average molecular weight is 1060 g/mol. The number of benzene rings is 3. The van der Waals surface area contributed by atoms with Crippen molar-refractivity contribution in [1.82, 2.24) is 39.9 Å². The summed E-state index contributed by atoms with van der Waals surface area (Å²) in [6.07, 6.45) is 13.6. The number of carboxylic acids is 1. The van der Waals surface area contributed by atoms with E-state index >= 15 is 0 Å². The first kappa shape index (κ1) is 69.5. The Labute approximate surface area is 468 Å². The van der Waals surface area contributed by atoms with Crippen molar-refractivity contribution in [3.8, 4) is 0 Å². The van der Waals surface area contributed by atoms with E-state index in [1.165, 1.54) is 35.4 Å². The van der Waals surface area contributed by atoms with Crippen LogP contribution >= 0.6 is 0 Å². The molecule has 20 heteroatoms. The van der Waals surface area contributed by atoms with Crippen molar-refractivity contribution in [2.75, 3.05) is 19.8 Å². The van der Waals surface area contributed by atoms with Gasteiger partial charge in [0.15, 0.2) is 0 Å². The zero-order chi connectivity index (χ0) is 54.6. The number of rotatable bonds is 16. The maximum atomic E-state index is 11.4. The van der Waals surface area contributed by atoms with E-state index in [9.17, 15) is 29.4 Å². The number of hydrogen-bond acceptors (Lipinski definition) is 18. The van der Waals surface area contributed by atoms with Crippen molar-refractivity contribution in [2.24, 2.45) is 0 Å². The number of aliphatic hydroxyl groups is 2. The number of esters is 3. The summed E-state index contributed by atoms with van der Waals surface area (Å²) < 4.78 is 13.4. The molecule has 0 spiro atoms. The number of ether oxygens (including phenoxy) is 3. The molecule has 0 amide bonds. The number of aliphatic hydroxyl groups excluding tert-OH is 2. The topological polar surface area (TPSA) is 290 Å². The van der Waals surface area contributed by atoms with Crippen LogP contribution in [0.1, 0.15) is 83.0 Å². The van der Waals surface area contributed by atoms with E-state index in [0.29, 0.717) is 11.4 Å². The first-order chi connectivity index (χ1) is 36.2. The second kappa shape index (κ2) is 40.8. The van der Waals surface area contributed by atoms with E-state index < -0.39 is 35.4 Å². The number of carboxylic acid groups (broad SMARTS) is 1. The van der Waals surface area contributed by atoms with Gasteiger partial charge in [-0.2, -0.15) is 0 Å². The predicted molar refractivity (Wildman–Crippen MR) is 291 cm³/mol. The van der Waals surface area contributed by atoms with Crippen molar-refractivity contribution in [3.05, 3.63) is 222 Å². The Morgan fingerprint density at radius 1 is 0.423 bits per heavy atom. The fourth-order valence-electron chi connectivity index (χ4n) is 6.23. The summed E-state index contributed by atoms with van der Waals surface area (Å²) in [7, 11) is 0. The molecule has 7 aromatic rings. The molecule has 0 saturated heterocycles. The van der Waals surface area contributed by atoms with Gasteiger partial charge in [-0.1, -0.05) is 91.0 Å². The SMILES string of the molecule is CCOC(=O)/C(O)=C/c1cc(CCc2ccccc2)ncn1.CCOC(=O)C(=O)OCC.Cc1cc(C)ncn1.Cc1cc(CCc2ccccc2)ncn1.O=C(O)/C(O)=C/c1cc(CCc2ccccc2)ncn1.[CH3-].[Li+].[OH-]. The molecule has 0 aliphatic rings. The fourth-order valence-corrected chi connectivity index (χ4v) is 6.23. The van der Waals surface area contributed by atoms with Crippen LogP contribution in [0, 0.1) is 28.2 Å². The third-order valence-electron chi connectivity index (χ3n) is 9.82. The maximum absolute atomic E-state index is 11.4. The summed E-state index contributed by atoms with van der Waals surface area (Å²) in [6.45, 7) is 11.4. The molecule has 0 atom stereocenters. The van der Waals surface area contributed by atoms with Crippen molar-refractivity contribution in [3.63, 3.8) is 0 Å². The van der Waals surface area contributed by atoms with Crippen LogP contribution in [0.25, 0.3) is 12.2 Å². The Bertz CT molecular complexity index is 2850. The van der Waals surface area contributed by atoms with Gasteiger partial charge in [0.1, 0.15) is 25.3 Å². The predicted octanol–water partition coefficient (Wildman–Crippen LogP) is 6.02. The van der Waals surface area contributed by atoms with Crippen LogP contribution in [0.15, 0.2) is 152 Å². The third-order valence-corrected chi connectivity index (χ3v) is 9.82. The number of carbonyl (C=O) groups excluding carboxylic acids is 3. The molecule has 78 heavy (non-hydrogen) atoms. The second-order valence-corrected chi connectivity index (χ2v) is 15.8. The molecular weight excluding hydrogens is 992 g/mol. The quantitative estimate of drug-likeness (QED) is 0.0189. The number of aromatic nitrogens is 8. The molecule has 7 rings (SSSR count). The largest absolute Gasteiger partial charge is 1.00 e. The minimum Gasteiger partial charge on any atom is -0.870 e. The molecule has 4 heterocycles. The maximum Gasteiger partial charge on any atom is 1.00 e. The molecule has 19 nitrogen and oxygen atoms in total. The Balaban J connectivity index is 0.000000981. The van der Waals surface area contributed by atoms with Crippen molar-refractivity contribution in [2.45, 2.75) is 80.1 Å². The zero-order valence-corrected chi connectivity index (χ0v) is 45.5. The molecule has 3 aromatic carbocycles. The molecule has 4 N–H and O–H groups in total. The van der Waals surface area contributed by atoms with Crippen LogP contribution in [0.2, 0.25) is 0 Å². The van der Waals surface area contributed by atoms with Gasteiger partial charge in [-0.15, -0.1) is 0 Å². The molecule has 0 aliphatic heterocycles. The normalized spacial score (nSPS) is 10.1. The zero-order valence-electron chi connectivity index (χ0n) is 45.5. The molecule has 408 valence electrons. The third kappa shape index (κ3) is 30.1. The summed E-state index contributed by atoms with van der Waals surface area (Å²) in [5.41, 5.74) is 10.5. The van der Waals surface area contributed by atoms with Gasteiger partial charge in [-0.3, -0.25) is 0 Å².